The van der Waals surface area contributed by atoms with Crippen molar-refractivity contribution < 1.29 is 27.2 Å². The van der Waals surface area contributed by atoms with E-state index in [-0.39, 0.29) is 48.9 Å². The standard InChI is InChI=1S/C19H19F4N3O2/c1-2-13(17(28)26-4-3-18(9-26)8-19(18,22)23)25-16(27)15-7-11-12(21)5-10(20)6-14(11)24-15/h5-7,13,24H,2-4,8-9H2,1H3,(H,25,27)/t13-,18-/m0/s1. The van der Waals surface area contributed by atoms with Gasteiger partial charge in [-0.15, -0.1) is 0 Å². The fourth-order valence-electron chi connectivity index (χ4n) is 3.96. The number of nitrogens with one attached hydrogen (secondary N) is 2. The molecule has 2 heterocycles. The summed E-state index contributed by atoms with van der Waals surface area (Å²) in [5, 5.41) is 2.62. The second kappa shape index (κ2) is 6.22. The molecule has 28 heavy (non-hydrogen) atoms. The number of rotatable bonds is 4. The first-order valence-electron chi connectivity index (χ1n) is 9.11. The minimum atomic E-state index is -2.73. The number of aromatic nitrogens is 1. The second-order valence-corrected chi connectivity index (χ2v) is 7.64. The van der Waals surface area contributed by atoms with Gasteiger partial charge in [-0.05, 0) is 25.0 Å². The zero-order valence-electron chi connectivity index (χ0n) is 15.1. The molecular formula is C19H19F4N3O2. The molecule has 2 aromatic rings. The molecule has 1 saturated heterocycles. The number of nitrogens with zero attached hydrogens (tertiary/aromatic N) is 1. The maximum absolute atomic E-state index is 13.8. The lowest BCUT2D eigenvalue weighted by molar-refractivity contribution is -0.132. The number of hydrogen-bond acceptors (Lipinski definition) is 2. The third-order valence-corrected chi connectivity index (χ3v) is 5.79. The number of amides is 2. The Morgan fingerprint density at radius 1 is 1.29 bits per heavy atom. The minimum absolute atomic E-state index is 0.0118. The lowest BCUT2D eigenvalue weighted by atomic mass is 10.1. The van der Waals surface area contributed by atoms with Crippen LogP contribution in [-0.4, -0.2) is 46.8 Å². The zero-order valence-corrected chi connectivity index (χ0v) is 15.1. The number of carbonyl (C=O) groups excluding carboxylic acids is 2. The molecule has 4 rings (SSSR count). The van der Waals surface area contributed by atoms with Crippen molar-refractivity contribution in [2.24, 2.45) is 5.41 Å². The smallest absolute Gasteiger partial charge is 0.268 e. The highest BCUT2D eigenvalue weighted by Gasteiger charge is 2.73. The summed E-state index contributed by atoms with van der Waals surface area (Å²) in [5.41, 5.74) is -0.999. The van der Waals surface area contributed by atoms with E-state index >= 15 is 0 Å². The quantitative estimate of drug-likeness (QED) is 0.779. The average molecular weight is 397 g/mol. The van der Waals surface area contributed by atoms with Crippen molar-refractivity contribution in [1.29, 1.82) is 0 Å². The van der Waals surface area contributed by atoms with Gasteiger partial charge in [0.25, 0.3) is 11.8 Å². The molecule has 2 fully saturated rings. The van der Waals surface area contributed by atoms with Crippen LogP contribution in [-0.2, 0) is 4.79 Å². The summed E-state index contributed by atoms with van der Waals surface area (Å²) in [5.74, 6) is -5.37. The molecule has 1 aliphatic heterocycles. The van der Waals surface area contributed by atoms with E-state index in [1.165, 1.54) is 11.0 Å². The van der Waals surface area contributed by atoms with Crippen LogP contribution in [0.25, 0.3) is 10.9 Å². The van der Waals surface area contributed by atoms with Crippen molar-refractivity contribution in [3.8, 4) is 0 Å². The molecular weight excluding hydrogens is 378 g/mol. The van der Waals surface area contributed by atoms with Crippen LogP contribution in [0.5, 0.6) is 0 Å². The molecule has 2 N–H and O–H groups in total. The van der Waals surface area contributed by atoms with Crippen molar-refractivity contribution in [1.82, 2.24) is 15.2 Å². The molecule has 1 spiro atoms. The Bertz CT molecular complexity index is 973. The number of halogens is 4. The number of likely N-dealkylation sites (tertiary alicyclic amines) is 1. The number of alkyl halides is 2. The van der Waals surface area contributed by atoms with Crippen LogP contribution in [0.1, 0.15) is 36.7 Å². The third kappa shape index (κ3) is 2.93. The lowest BCUT2D eigenvalue weighted by Gasteiger charge is -2.23. The van der Waals surface area contributed by atoms with E-state index < -0.39 is 40.8 Å². The van der Waals surface area contributed by atoms with Gasteiger partial charge in [-0.1, -0.05) is 6.92 Å². The van der Waals surface area contributed by atoms with Crippen LogP contribution >= 0.6 is 0 Å². The predicted octanol–water partition coefficient (Wildman–Crippen LogP) is 3.21. The van der Waals surface area contributed by atoms with Gasteiger partial charge in [-0.25, -0.2) is 17.6 Å². The summed E-state index contributed by atoms with van der Waals surface area (Å²) in [6.45, 7) is 1.92. The first-order chi connectivity index (χ1) is 13.2. The fraction of sp³-hybridized carbons (Fsp3) is 0.474. The summed E-state index contributed by atoms with van der Waals surface area (Å²) in [6, 6.07) is 2.14. The lowest BCUT2D eigenvalue weighted by Crippen LogP contribution is -2.47. The Labute approximate surface area is 158 Å². The van der Waals surface area contributed by atoms with Crippen LogP contribution < -0.4 is 5.32 Å². The largest absolute Gasteiger partial charge is 0.350 e. The van der Waals surface area contributed by atoms with Crippen molar-refractivity contribution in [3.05, 3.63) is 35.5 Å². The normalized spacial score (nSPS) is 24.0. The van der Waals surface area contributed by atoms with E-state index in [4.69, 9.17) is 0 Å². The molecule has 2 amide bonds. The summed E-state index contributed by atoms with van der Waals surface area (Å²) >= 11 is 0. The molecule has 1 aromatic carbocycles. The number of benzene rings is 1. The number of carbonyl (C=O) groups is 2. The average Bonchev–Trinajstić information content (AvgIpc) is 3.02. The van der Waals surface area contributed by atoms with Gasteiger partial charge in [-0.2, -0.15) is 0 Å². The summed E-state index contributed by atoms with van der Waals surface area (Å²) in [7, 11) is 0. The van der Waals surface area contributed by atoms with Gasteiger partial charge in [0.15, 0.2) is 0 Å². The molecule has 5 nitrogen and oxygen atoms in total. The number of aromatic amines is 1. The minimum Gasteiger partial charge on any atom is -0.350 e. The molecule has 0 radical (unpaired) electrons. The van der Waals surface area contributed by atoms with E-state index in [2.05, 4.69) is 10.3 Å². The molecule has 0 bridgehead atoms. The highest BCUT2D eigenvalue weighted by atomic mass is 19.3. The molecule has 150 valence electrons. The fourth-order valence-corrected chi connectivity index (χ4v) is 3.96. The number of H-pyrrole nitrogens is 1. The molecule has 0 unspecified atom stereocenters. The Morgan fingerprint density at radius 2 is 2.00 bits per heavy atom. The maximum Gasteiger partial charge on any atom is 0.268 e. The highest BCUT2D eigenvalue weighted by molar-refractivity contribution is 6.00. The van der Waals surface area contributed by atoms with Gasteiger partial charge in [-0.3, -0.25) is 9.59 Å². The SMILES string of the molecule is CC[C@H](NC(=O)c1cc2c(F)cc(F)cc2[nH]1)C(=O)N1CC[C@@]2(C1)CC2(F)F. The van der Waals surface area contributed by atoms with Crippen LogP contribution in [0, 0.1) is 17.0 Å². The van der Waals surface area contributed by atoms with Crippen molar-refractivity contribution in [2.45, 2.75) is 38.2 Å². The van der Waals surface area contributed by atoms with Gasteiger partial charge < -0.3 is 15.2 Å². The van der Waals surface area contributed by atoms with E-state index in [0.717, 1.165) is 6.07 Å². The van der Waals surface area contributed by atoms with Gasteiger partial charge >= 0.3 is 0 Å². The Kier molecular flexibility index (Phi) is 4.17. The highest BCUT2D eigenvalue weighted by Crippen LogP contribution is 2.65. The Hall–Kier alpha value is -2.58. The van der Waals surface area contributed by atoms with Crippen LogP contribution in [0.2, 0.25) is 0 Å². The van der Waals surface area contributed by atoms with E-state index in [1.807, 2.05) is 0 Å². The monoisotopic (exact) mass is 397 g/mol. The van der Waals surface area contributed by atoms with E-state index in [0.29, 0.717) is 6.07 Å². The molecule has 1 saturated carbocycles. The van der Waals surface area contributed by atoms with E-state index in [1.54, 1.807) is 6.92 Å². The molecule has 9 heteroatoms. The van der Waals surface area contributed by atoms with Crippen molar-refractivity contribution in [3.63, 3.8) is 0 Å². The Morgan fingerprint density at radius 3 is 2.61 bits per heavy atom. The van der Waals surface area contributed by atoms with Crippen molar-refractivity contribution in [2.75, 3.05) is 13.1 Å². The zero-order chi connectivity index (χ0) is 20.3. The van der Waals surface area contributed by atoms with E-state index in [9.17, 15) is 27.2 Å². The second-order valence-electron chi connectivity index (χ2n) is 7.64. The van der Waals surface area contributed by atoms with Gasteiger partial charge in [0.2, 0.25) is 5.91 Å². The first kappa shape index (κ1) is 18.8. The Balaban J connectivity index is 1.47. The topological polar surface area (TPSA) is 65.2 Å². The summed E-state index contributed by atoms with van der Waals surface area (Å²) in [4.78, 5) is 29.2. The maximum atomic E-state index is 13.8. The molecule has 1 aliphatic carbocycles. The van der Waals surface area contributed by atoms with Crippen LogP contribution in [0.15, 0.2) is 18.2 Å². The van der Waals surface area contributed by atoms with Crippen molar-refractivity contribution >= 4 is 22.7 Å². The molecule has 2 atom stereocenters. The van der Waals surface area contributed by atoms with Gasteiger partial charge in [0.1, 0.15) is 23.4 Å². The molecule has 2 aliphatic rings. The van der Waals surface area contributed by atoms with Crippen LogP contribution in [0.4, 0.5) is 17.6 Å². The summed E-state index contributed by atoms with van der Waals surface area (Å²) < 4.78 is 54.2. The third-order valence-electron chi connectivity index (χ3n) is 5.79. The van der Waals surface area contributed by atoms with Crippen LogP contribution in [0.3, 0.4) is 0 Å². The summed E-state index contributed by atoms with van der Waals surface area (Å²) in [6.07, 6.45) is 0.320. The number of fused-ring (bicyclic) bond motifs is 1. The van der Waals surface area contributed by atoms with Gasteiger partial charge in [0, 0.05) is 31.0 Å². The first-order valence-corrected chi connectivity index (χ1v) is 9.11. The predicted molar refractivity (Wildman–Crippen MR) is 93.0 cm³/mol. The molecule has 1 aromatic heterocycles. The van der Waals surface area contributed by atoms with Gasteiger partial charge in [0.05, 0.1) is 10.9 Å². The number of hydrogen-bond donors (Lipinski definition) is 2.